The first-order chi connectivity index (χ1) is 8.12. The minimum absolute atomic E-state index is 0.00477. The summed E-state index contributed by atoms with van der Waals surface area (Å²) in [5, 5.41) is 18.2. The van der Waals surface area contributed by atoms with Crippen molar-refractivity contribution >= 4 is 17.6 Å². The molecule has 0 heterocycles. The number of aliphatic hydroxyl groups is 1. The molecule has 0 saturated heterocycles. The lowest BCUT2D eigenvalue weighted by Crippen LogP contribution is -2.08. The average Bonchev–Trinajstić information content (AvgIpc) is 2.32. The van der Waals surface area contributed by atoms with Crippen LogP contribution in [0.15, 0.2) is 12.1 Å². The molecule has 1 aromatic carbocycles. The van der Waals surface area contributed by atoms with Crippen molar-refractivity contribution in [1.29, 1.82) is 5.26 Å². The van der Waals surface area contributed by atoms with Crippen molar-refractivity contribution in [2.24, 2.45) is 0 Å². The Morgan fingerprint density at radius 1 is 1.53 bits per heavy atom. The molecule has 1 rings (SSSR count). The number of carbonyl (C=O) groups is 1. The van der Waals surface area contributed by atoms with Crippen LogP contribution in [0.2, 0.25) is 5.02 Å². The van der Waals surface area contributed by atoms with Gasteiger partial charge in [-0.05, 0) is 30.2 Å². The van der Waals surface area contributed by atoms with Gasteiger partial charge in [0.2, 0.25) is 0 Å². The smallest absolute Gasteiger partial charge is 0.310 e. The number of hydrogen-bond acceptors (Lipinski definition) is 4. The van der Waals surface area contributed by atoms with Gasteiger partial charge in [0.25, 0.3) is 0 Å². The first kappa shape index (κ1) is 13.5. The molecule has 0 fully saturated rings. The highest BCUT2D eigenvalue weighted by Gasteiger charge is 2.12. The maximum absolute atomic E-state index is 11.3. The molecule has 90 valence electrons. The van der Waals surface area contributed by atoms with Crippen LogP contribution in [0, 0.1) is 11.3 Å². The summed E-state index contributed by atoms with van der Waals surface area (Å²) in [6.07, 6.45) is -0.00477. The van der Waals surface area contributed by atoms with Crippen molar-refractivity contribution in [2.75, 3.05) is 6.61 Å². The van der Waals surface area contributed by atoms with E-state index in [1.54, 1.807) is 6.92 Å². The van der Waals surface area contributed by atoms with Crippen LogP contribution >= 0.6 is 11.6 Å². The fraction of sp³-hybridized carbons (Fsp3) is 0.333. The van der Waals surface area contributed by atoms with Gasteiger partial charge in [-0.1, -0.05) is 11.6 Å². The van der Waals surface area contributed by atoms with Crippen molar-refractivity contribution in [2.45, 2.75) is 20.0 Å². The second kappa shape index (κ2) is 6.24. The predicted octanol–water partition coefficient (Wildman–Crippen LogP) is 1.81. The molecule has 0 spiro atoms. The van der Waals surface area contributed by atoms with Crippen molar-refractivity contribution in [1.82, 2.24) is 0 Å². The number of halogens is 1. The zero-order valence-corrected chi connectivity index (χ0v) is 10.1. The SMILES string of the molecule is CCOC(=O)Cc1cc(C#N)cc(CO)c1Cl. The summed E-state index contributed by atoms with van der Waals surface area (Å²) in [5.41, 5.74) is 1.29. The molecular formula is C12H12ClNO3. The number of rotatable bonds is 4. The summed E-state index contributed by atoms with van der Waals surface area (Å²) >= 11 is 6.00. The van der Waals surface area contributed by atoms with E-state index in [1.807, 2.05) is 6.07 Å². The number of ether oxygens (including phenoxy) is 1. The first-order valence-electron chi connectivity index (χ1n) is 5.10. The largest absolute Gasteiger partial charge is 0.466 e. The van der Waals surface area contributed by atoms with Crippen LogP contribution in [-0.2, 0) is 22.6 Å². The Bertz CT molecular complexity index is 466. The Labute approximate surface area is 104 Å². The Kier molecular flexibility index (Phi) is 4.95. The van der Waals surface area contributed by atoms with Gasteiger partial charge < -0.3 is 9.84 Å². The van der Waals surface area contributed by atoms with Gasteiger partial charge in [-0.15, -0.1) is 0 Å². The Morgan fingerprint density at radius 3 is 2.71 bits per heavy atom. The molecule has 4 nitrogen and oxygen atoms in total. The minimum Gasteiger partial charge on any atom is -0.466 e. The summed E-state index contributed by atoms with van der Waals surface area (Å²) in [5.74, 6) is -0.409. The molecule has 17 heavy (non-hydrogen) atoms. The third-order valence-electron chi connectivity index (χ3n) is 2.16. The lowest BCUT2D eigenvalue weighted by Gasteiger charge is -2.08. The van der Waals surface area contributed by atoms with Gasteiger partial charge in [-0.3, -0.25) is 4.79 Å². The first-order valence-corrected chi connectivity index (χ1v) is 5.48. The minimum atomic E-state index is -0.409. The van der Waals surface area contributed by atoms with Crippen LogP contribution < -0.4 is 0 Å². The number of aliphatic hydroxyl groups excluding tert-OH is 1. The predicted molar refractivity (Wildman–Crippen MR) is 62.4 cm³/mol. The molecule has 0 amide bonds. The lowest BCUT2D eigenvalue weighted by molar-refractivity contribution is -0.142. The van der Waals surface area contributed by atoms with Gasteiger partial charge in [0.05, 0.1) is 31.3 Å². The van der Waals surface area contributed by atoms with Gasteiger partial charge in [0.15, 0.2) is 0 Å². The lowest BCUT2D eigenvalue weighted by atomic mass is 10.0. The van der Waals surface area contributed by atoms with E-state index in [1.165, 1.54) is 12.1 Å². The zero-order valence-electron chi connectivity index (χ0n) is 9.36. The number of hydrogen-bond donors (Lipinski definition) is 1. The Hall–Kier alpha value is -1.57. The van der Waals surface area contributed by atoms with Crippen LogP contribution in [0.3, 0.4) is 0 Å². The van der Waals surface area contributed by atoms with Gasteiger partial charge >= 0.3 is 5.97 Å². The maximum Gasteiger partial charge on any atom is 0.310 e. The van der Waals surface area contributed by atoms with Crippen LogP contribution in [-0.4, -0.2) is 17.7 Å². The third kappa shape index (κ3) is 3.45. The monoisotopic (exact) mass is 253 g/mol. The summed E-state index contributed by atoms with van der Waals surface area (Å²) in [4.78, 5) is 11.3. The van der Waals surface area contributed by atoms with Crippen LogP contribution in [0.4, 0.5) is 0 Å². The number of nitriles is 1. The van der Waals surface area contributed by atoms with E-state index in [9.17, 15) is 4.79 Å². The van der Waals surface area contributed by atoms with Crippen LogP contribution in [0.25, 0.3) is 0 Å². The normalized spacial score (nSPS) is 9.76. The number of esters is 1. The highest BCUT2D eigenvalue weighted by Crippen LogP contribution is 2.24. The van der Waals surface area contributed by atoms with Crippen LogP contribution in [0.1, 0.15) is 23.6 Å². The van der Waals surface area contributed by atoms with Crippen LogP contribution in [0.5, 0.6) is 0 Å². The van der Waals surface area contributed by atoms with Crippen molar-refractivity contribution < 1.29 is 14.6 Å². The molecular weight excluding hydrogens is 242 g/mol. The van der Waals surface area contributed by atoms with Gasteiger partial charge in [0.1, 0.15) is 0 Å². The maximum atomic E-state index is 11.3. The summed E-state index contributed by atoms with van der Waals surface area (Å²) in [7, 11) is 0. The Morgan fingerprint density at radius 2 is 2.18 bits per heavy atom. The second-order valence-electron chi connectivity index (χ2n) is 3.36. The van der Waals surface area contributed by atoms with E-state index in [2.05, 4.69) is 0 Å². The van der Waals surface area contributed by atoms with Crippen molar-refractivity contribution in [3.05, 3.63) is 33.8 Å². The summed E-state index contributed by atoms with van der Waals surface area (Å²) < 4.78 is 4.80. The van der Waals surface area contributed by atoms with Crippen molar-refractivity contribution in [3.63, 3.8) is 0 Å². The standard InChI is InChI=1S/C12H12ClNO3/c1-2-17-11(16)5-9-3-8(6-14)4-10(7-15)12(9)13/h3-4,15H,2,5,7H2,1H3. The van der Waals surface area contributed by atoms with E-state index in [-0.39, 0.29) is 13.0 Å². The van der Waals surface area contributed by atoms with E-state index < -0.39 is 5.97 Å². The molecule has 0 atom stereocenters. The highest BCUT2D eigenvalue weighted by atomic mass is 35.5. The fourth-order valence-corrected chi connectivity index (χ4v) is 1.66. The Balaban J connectivity index is 3.06. The van der Waals surface area contributed by atoms with Gasteiger partial charge in [0, 0.05) is 5.02 Å². The van der Waals surface area contributed by atoms with E-state index >= 15 is 0 Å². The molecule has 0 aliphatic carbocycles. The number of benzene rings is 1. The molecule has 0 aliphatic heterocycles. The number of carbonyl (C=O) groups excluding carboxylic acids is 1. The molecule has 1 aromatic rings. The molecule has 0 bridgehead atoms. The average molecular weight is 254 g/mol. The van der Waals surface area contributed by atoms with Crippen molar-refractivity contribution in [3.8, 4) is 6.07 Å². The molecule has 0 aliphatic rings. The van der Waals surface area contributed by atoms with Gasteiger partial charge in [-0.2, -0.15) is 5.26 Å². The number of nitrogens with zero attached hydrogens (tertiary/aromatic N) is 1. The molecule has 0 aromatic heterocycles. The molecule has 5 heteroatoms. The van der Waals surface area contributed by atoms with E-state index in [0.29, 0.717) is 28.3 Å². The molecule has 0 unspecified atom stereocenters. The molecule has 0 radical (unpaired) electrons. The highest BCUT2D eigenvalue weighted by molar-refractivity contribution is 6.32. The summed E-state index contributed by atoms with van der Waals surface area (Å²) in [6.45, 7) is 1.73. The van der Waals surface area contributed by atoms with E-state index in [4.69, 9.17) is 26.7 Å². The zero-order chi connectivity index (χ0) is 12.8. The third-order valence-corrected chi connectivity index (χ3v) is 2.65. The molecule has 0 saturated carbocycles. The molecule has 1 N–H and O–H groups in total. The fourth-order valence-electron chi connectivity index (χ4n) is 1.43. The summed E-state index contributed by atoms with van der Waals surface area (Å²) in [6, 6.07) is 4.98. The topological polar surface area (TPSA) is 70.3 Å². The van der Waals surface area contributed by atoms with Gasteiger partial charge in [-0.25, -0.2) is 0 Å². The quantitative estimate of drug-likeness (QED) is 0.831. The van der Waals surface area contributed by atoms with E-state index in [0.717, 1.165) is 0 Å². The second-order valence-corrected chi connectivity index (χ2v) is 3.74.